The van der Waals surface area contributed by atoms with Crippen molar-refractivity contribution in [1.82, 2.24) is 44.2 Å². The Morgan fingerprint density at radius 1 is 0.818 bits per heavy atom. The van der Waals surface area contributed by atoms with E-state index in [0.717, 1.165) is 42.8 Å². The molecule has 5 aromatic rings. The zero-order valence-corrected chi connectivity index (χ0v) is 31.5. The van der Waals surface area contributed by atoms with Gasteiger partial charge in [-0.3, -0.25) is 9.59 Å². The summed E-state index contributed by atoms with van der Waals surface area (Å²) in [6.07, 6.45) is 10.3. The molecule has 3 fully saturated rings. The molecule has 4 aromatic heterocycles. The quantitative estimate of drug-likeness (QED) is 0.180. The summed E-state index contributed by atoms with van der Waals surface area (Å²) in [7, 11) is 0. The molecule has 0 N–H and O–H groups in total. The van der Waals surface area contributed by atoms with Gasteiger partial charge < -0.3 is 33.3 Å². The standard InChI is InChI=1S/C39H47N11O5/c1-3-54-35(52)39(23-30-26-50(45-44-30)38-42-36(47-14-5-4-6-15-47)41-37(43-38)48-18-20-53-21-19-48)12-16-46(17-13-39)34(51)29-8-7-9-32(22-29)55-27-31-25-49-24-28(2)10-11-33(49)40-31/h7-11,22,24-26H,3-6,12-21,23,27H2,1-2H3. The van der Waals surface area contributed by atoms with Gasteiger partial charge in [0.1, 0.15) is 18.0 Å². The van der Waals surface area contributed by atoms with Gasteiger partial charge in [0.15, 0.2) is 0 Å². The molecule has 3 aliphatic heterocycles. The van der Waals surface area contributed by atoms with Crippen LogP contribution in [0.2, 0.25) is 0 Å². The van der Waals surface area contributed by atoms with E-state index in [1.165, 1.54) is 6.42 Å². The van der Waals surface area contributed by atoms with Crippen LogP contribution in [0.3, 0.4) is 0 Å². The number of pyridine rings is 1. The molecule has 1 amide bonds. The normalized spacial score (nSPS) is 17.4. The summed E-state index contributed by atoms with van der Waals surface area (Å²) in [5.74, 6) is 1.76. The largest absolute Gasteiger partial charge is 0.487 e. The van der Waals surface area contributed by atoms with Crippen molar-refractivity contribution in [2.45, 2.75) is 59.0 Å². The number of aryl methyl sites for hydroxylation is 1. The Bertz CT molecular complexity index is 2090. The van der Waals surface area contributed by atoms with E-state index in [1.807, 2.05) is 48.0 Å². The third-order valence-electron chi connectivity index (χ3n) is 10.6. The Labute approximate surface area is 319 Å². The molecule has 0 bridgehead atoms. The lowest BCUT2D eigenvalue weighted by Gasteiger charge is -2.39. The average molecular weight is 750 g/mol. The number of imidazole rings is 1. The van der Waals surface area contributed by atoms with Crippen molar-refractivity contribution in [3.05, 3.63) is 77.5 Å². The number of morpholine rings is 1. The van der Waals surface area contributed by atoms with Gasteiger partial charge in [0.2, 0.25) is 11.9 Å². The summed E-state index contributed by atoms with van der Waals surface area (Å²) in [6.45, 7) is 9.51. The lowest BCUT2D eigenvalue weighted by atomic mass is 9.74. The second-order valence-electron chi connectivity index (χ2n) is 14.5. The Balaban J connectivity index is 0.954. The summed E-state index contributed by atoms with van der Waals surface area (Å²) in [4.78, 5) is 52.6. The molecule has 0 spiro atoms. The molecule has 3 saturated heterocycles. The fourth-order valence-electron chi connectivity index (χ4n) is 7.57. The number of likely N-dealkylation sites (tertiary alicyclic amines) is 1. The summed E-state index contributed by atoms with van der Waals surface area (Å²) in [5.41, 5.74) is 3.05. The SMILES string of the molecule is CCOC(=O)C1(Cc2cn(-c3nc(N4CCCCC4)nc(N4CCOCC4)n3)nn2)CCN(C(=O)c2cccc(OCc3cn4cc(C)ccc4n3)c2)CC1. The molecule has 8 rings (SSSR count). The number of ether oxygens (including phenoxy) is 3. The predicted octanol–water partition coefficient (Wildman–Crippen LogP) is 3.84. The van der Waals surface area contributed by atoms with Gasteiger partial charge in [-0.25, -0.2) is 4.98 Å². The molecule has 55 heavy (non-hydrogen) atoms. The summed E-state index contributed by atoms with van der Waals surface area (Å²) >= 11 is 0. The minimum absolute atomic E-state index is 0.118. The van der Waals surface area contributed by atoms with Crippen LogP contribution in [0.15, 0.2) is 55.0 Å². The zero-order valence-electron chi connectivity index (χ0n) is 31.5. The van der Waals surface area contributed by atoms with Gasteiger partial charge in [-0.05, 0) is 75.8 Å². The Morgan fingerprint density at radius 3 is 2.33 bits per heavy atom. The van der Waals surface area contributed by atoms with Crippen LogP contribution in [0.4, 0.5) is 11.9 Å². The molecule has 0 radical (unpaired) electrons. The van der Waals surface area contributed by atoms with Gasteiger partial charge in [-0.15, -0.1) is 5.10 Å². The van der Waals surface area contributed by atoms with Gasteiger partial charge in [0.25, 0.3) is 11.9 Å². The second kappa shape index (κ2) is 16.0. The molecule has 7 heterocycles. The number of nitrogens with zero attached hydrogens (tertiary/aromatic N) is 11. The van der Waals surface area contributed by atoms with Crippen molar-refractivity contribution in [2.75, 3.05) is 68.9 Å². The number of anilines is 2. The highest BCUT2D eigenvalue weighted by molar-refractivity contribution is 5.95. The van der Waals surface area contributed by atoms with Crippen molar-refractivity contribution in [3.63, 3.8) is 0 Å². The number of amides is 1. The van der Waals surface area contributed by atoms with E-state index in [-0.39, 0.29) is 25.1 Å². The molecule has 0 aliphatic carbocycles. The molecular weight excluding hydrogens is 703 g/mol. The van der Waals surface area contributed by atoms with E-state index in [4.69, 9.17) is 29.2 Å². The van der Waals surface area contributed by atoms with Crippen LogP contribution in [0.1, 0.15) is 66.3 Å². The number of piperidine rings is 2. The van der Waals surface area contributed by atoms with Crippen LogP contribution < -0.4 is 14.5 Å². The van der Waals surface area contributed by atoms with E-state index in [9.17, 15) is 9.59 Å². The van der Waals surface area contributed by atoms with E-state index >= 15 is 0 Å². The van der Waals surface area contributed by atoms with Gasteiger partial charge in [0, 0.05) is 63.6 Å². The van der Waals surface area contributed by atoms with E-state index in [2.05, 4.69) is 25.1 Å². The van der Waals surface area contributed by atoms with E-state index in [0.29, 0.717) is 93.5 Å². The smallest absolute Gasteiger partial charge is 0.312 e. The van der Waals surface area contributed by atoms with E-state index < -0.39 is 5.41 Å². The minimum atomic E-state index is -0.873. The van der Waals surface area contributed by atoms with Gasteiger partial charge >= 0.3 is 5.97 Å². The lowest BCUT2D eigenvalue weighted by molar-refractivity contribution is -0.158. The zero-order chi connectivity index (χ0) is 37.8. The first-order valence-corrected chi connectivity index (χ1v) is 19.2. The minimum Gasteiger partial charge on any atom is -0.487 e. The van der Waals surface area contributed by atoms with Crippen LogP contribution in [0.25, 0.3) is 11.6 Å². The number of aromatic nitrogens is 8. The Hall–Kier alpha value is -5.64. The first-order valence-electron chi connectivity index (χ1n) is 19.2. The molecule has 16 heteroatoms. The predicted molar refractivity (Wildman–Crippen MR) is 202 cm³/mol. The van der Waals surface area contributed by atoms with Crippen molar-refractivity contribution in [1.29, 1.82) is 0 Å². The highest BCUT2D eigenvalue weighted by Crippen LogP contribution is 2.37. The number of hydrogen-bond donors (Lipinski definition) is 0. The fourth-order valence-corrected chi connectivity index (χ4v) is 7.57. The van der Waals surface area contributed by atoms with Crippen molar-refractivity contribution >= 4 is 29.4 Å². The van der Waals surface area contributed by atoms with Crippen molar-refractivity contribution in [3.8, 4) is 11.7 Å². The highest BCUT2D eigenvalue weighted by Gasteiger charge is 2.44. The van der Waals surface area contributed by atoms with Crippen LogP contribution in [-0.4, -0.2) is 115 Å². The second-order valence-corrected chi connectivity index (χ2v) is 14.5. The fraction of sp³-hybridized carbons (Fsp3) is 0.487. The summed E-state index contributed by atoms with van der Waals surface area (Å²) < 4.78 is 20.8. The first kappa shape index (κ1) is 36.3. The third kappa shape index (κ3) is 8.09. The van der Waals surface area contributed by atoms with E-state index in [1.54, 1.807) is 34.8 Å². The number of fused-ring (bicyclic) bond motifs is 1. The van der Waals surface area contributed by atoms with Crippen molar-refractivity contribution in [2.24, 2.45) is 5.41 Å². The summed E-state index contributed by atoms with van der Waals surface area (Å²) in [6, 6.07) is 11.2. The van der Waals surface area contributed by atoms with Crippen LogP contribution in [0, 0.1) is 12.3 Å². The maximum absolute atomic E-state index is 13.8. The molecule has 16 nitrogen and oxygen atoms in total. The van der Waals surface area contributed by atoms with Crippen LogP contribution in [-0.2, 0) is 27.3 Å². The Kier molecular flexibility index (Phi) is 10.6. The molecule has 1 aromatic carbocycles. The van der Waals surface area contributed by atoms with Gasteiger partial charge in [-0.2, -0.15) is 19.6 Å². The molecule has 0 saturated carbocycles. The lowest BCUT2D eigenvalue weighted by Crippen LogP contribution is -2.48. The molecule has 3 aliphatic rings. The van der Waals surface area contributed by atoms with Crippen molar-refractivity contribution < 1.29 is 23.8 Å². The number of benzene rings is 1. The monoisotopic (exact) mass is 749 g/mol. The third-order valence-corrected chi connectivity index (χ3v) is 10.6. The summed E-state index contributed by atoms with van der Waals surface area (Å²) in [5, 5.41) is 8.90. The number of esters is 1. The maximum atomic E-state index is 13.8. The average Bonchev–Trinajstić information content (AvgIpc) is 3.87. The topological polar surface area (TPSA) is 158 Å². The van der Waals surface area contributed by atoms with Crippen LogP contribution in [0.5, 0.6) is 5.75 Å². The maximum Gasteiger partial charge on any atom is 0.312 e. The highest BCUT2D eigenvalue weighted by atomic mass is 16.5. The number of carbonyl (C=O) groups is 2. The molecule has 0 atom stereocenters. The number of carbonyl (C=O) groups excluding carboxylic acids is 2. The first-order chi connectivity index (χ1) is 26.9. The molecule has 0 unspecified atom stereocenters. The number of hydrogen-bond acceptors (Lipinski definition) is 13. The van der Waals surface area contributed by atoms with Crippen LogP contribution >= 0.6 is 0 Å². The molecular formula is C39H47N11O5. The van der Waals surface area contributed by atoms with Gasteiger partial charge in [-0.1, -0.05) is 17.3 Å². The number of rotatable bonds is 11. The molecule has 288 valence electrons. The van der Waals surface area contributed by atoms with Gasteiger partial charge in [0.05, 0.1) is 42.8 Å². The Morgan fingerprint density at radius 2 is 1.56 bits per heavy atom.